The summed E-state index contributed by atoms with van der Waals surface area (Å²) in [7, 11) is 0. The molecule has 1 aromatic rings. The first-order chi connectivity index (χ1) is 8.09. The van der Waals surface area contributed by atoms with Crippen LogP contribution in [0.2, 0.25) is 5.02 Å². The third kappa shape index (κ3) is 2.75. The minimum Gasteiger partial charge on any atom is -0.508 e. The highest BCUT2D eigenvalue weighted by Gasteiger charge is 2.25. The number of aromatic hydroxyl groups is 1. The first kappa shape index (κ1) is 12.7. The van der Waals surface area contributed by atoms with E-state index in [9.17, 15) is 5.11 Å². The maximum absolute atomic E-state index is 9.88. The van der Waals surface area contributed by atoms with Crippen LogP contribution >= 0.6 is 11.6 Å². The molecule has 1 N–H and O–H groups in total. The Morgan fingerprint density at radius 2 is 1.94 bits per heavy atom. The summed E-state index contributed by atoms with van der Waals surface area (Å²) in [6, 6.07) is 6.46. The Morgan fingerprint density at radius 1 is 1.29 bits per heavy atom. The molecular weight excluding hydrogens is 234 g/mol. The molecular formula is C14H20ClNO. The molecule has 0 aromatic heterocycles. The molecule has 0 bridgehead atoms. The molecule has 0 amide bonds. The highest BCUT2D eigenvalue weighted by Crippen LogP contribution is 2.31. The fourth-order valence-corrected chi connectivity index (χ4v) is 2.90. The Kier molecular flexibility index (Phi) is 3.95. The van der Waals surface area contributed by atoms with Crippen LogP contribution in [0.5, 0.6) is 5.75 Å². The highest BCUT2D eigenvalue weighted by molar-refractivity contribution is 6.31. The van der Waals surface area contributed by atoms with E-state index in [1.165, 1.54) is 19.3 Å². The van der Waals surface area contributed by atoms with Crippen molar-refractivity contribution < 1.29 is 5.11 Å². The van der Waals surface area contributed by atoms with Crippen LogP contribution in [0.3, 0.4) is 0 Å². The van der Waals surface area contributed by atoms with Crippen molar-refractivity contribution in [2.45, 2.75) is 51.7 Å². The number of benzene rings is 1. The lowest BCUT2D eigenvalue weighted by atomic mass is 9.96. The van der Waals surface area contributed by atoms with Gasteiger partial charge in [0, 0.05) is 29.2 Å². The van der Waals surface area contributed by atoms with Crippen LogP contribution < -0.4 is 0 Å². The quantitative estimate of drug-likeness (QED) is 0.867. The summed E-state index contributed by atoms with van der Waals surface area (Å²) in [6.07, 6.45) is 3.76. The first-order valence-electron chi connectivity index (χ1n) is 6.31. The number of phenols is 1. The standard InChI is InChI=1S/C14H20ClNO/c1-10-5-3-6-11(2)16(10)9-12-13(15)7-4-8-14(12)17/h4,7-8,10-11,17H,3,5-6,9H2,1-2H3. The molecule has 0 radical (unpaired) electrons. The molecule has 1 aliphatic heterocycles. The molecule has 3 heteroatoms. The molecule has 1 heterocycles. The van der Waals surface area contributed by atoms with E-state index in [2.05, 4.69) is 18.7 Å². The van der Waals surface area contributed by atoms with Gasteiger partial charge in [-0.15, -0.1) is 0 Å². The minimum atomic E-state index is 0.308. The van der Waals surface area contributed by atoms with Crippen molar-refractivity contribution in [3.63, 3.8) is 0 Å². The third-order valence-corrected chi connectivity index (χ3v) is 4.17. The van der Waals surface area contributed by atoms with Crippen LogP contribution in [0, 0.1) is 0 Å². The van der Waals surface area contributed by atoms with E-state index in [0.717, 1.165) is 12.1 Å². The van der Waals surface area contributed by atoms with Gasteiger partial charge in [0.05, 0.1) is 0 Å². The van der Waals surface area contributed by atoms with Crippen molar-refractivity contribution in [2.75, 3.05) is 0 Å². The second-order valence-corrected chi connectivity index (χ2v) is 5.45. The van der Waals surface area contributed by atoms with Gasteiger partial charge in [-0.2, -0.15) is 0 Å². The molecule has 17 heavy (non-hydrogen) atoms. The van der Waals surface area contributed by atoms with Gasteiger partial charge in [0.2, 0.25) is 0 Å². The number of halogens is 1. The number of hydrogen-bond donors (Lipinski definition) is 1. The zero-order valence-corrected chi connectivity index (χ0v) is 11.2. The van der Waals surface area contributed by atoms with Crippen molar-refractivity contribution in [1.29, 1.82) is 0 Å². The van der Waals surface area contributed by atoms with Crippen LogP contribution in [-0.2, 0) is 6.54 Å². The van der Waals surface area contributed by atoms with Gasteiger partial charge in [-0.25, -0.2) is 0 Å². The second kappa shape index (κ2) is 5.28. The van der Waals surface area contributed by atoms with Gasteiger partial charge in [-0.1, -0.05) is 24.1 Å². The lowest BCUT2D eigenvalue weighted by molar-refractivity contribution is 0.0944. The Bertz CT molecular complexity index is 364. The van der Waals surface area contributed by atoms with Crippen LogP contribution in [0.15, 0.2) is 18.2 Å². The fourth-order valence-electron chi connectivity index (χ4n) is 2.67. The Morgan fingerprint density at radius 3 is 2.53 bits per heavy atom. The molecule has 1 fully saturated rings. The van der Waals surface area contributed by atoms with Crippen LogP contribution in [0.4, 0.5) is 0 Å². The van der Waals surface area contributed by atoms with E-state index >= 15 is 0 Å². The summed E-state index contributed by atoms with van der Waals surface area (Å²) in [6.45, 7) is 5.25. The van der Waals surface area contributed by atoms with Crippen molar-refractivity contribution in [3.8, 4) is 5.75 Å². The zero-order valence-electron chi connectivity index (χ0n) is 10.5. The van der Waals surface area contributed by atoms with E-state index in [0.29, 0.717) is 22.9 Å². The number of likely N-dealkylation sites (tertiary alicyclic amines) is 1. The van der Waals surface area contributed by atoms with Gasteiger partial charge in [-0.05, 0) is 38.8 Å². The van der Waals surface area contributed by atoms with E-state index in [1.54, 1.807) is 12.1 Å². The molecule has 0 aliphatic carbocycles. The van der Waals surface area contributed by atoms with Crippen molar-refractivity contribution >= 4 is 11.6 Å². The predicted molar refractivity (Wildman–Crippen MR) is 71.4 cm³/mol. The average Bonchev–Trinajstić information content (AvgIpc) is 2.27. The minimum absolute atomic E-state index is 0.308. The number of phenolic OH excluding ortho intramolecular Hbond substituents is 1. The monoisotopic (exact) mass is 253 g/mol. The lowest BCUT2D eigenvalue weighted by Gasteiger charge is -2.39. The highest BCUT2D eigenvalue weighted by atomic mass is 35.5. The number of piperidine rings is 1. The second-order valence-electron chi connectivity index (χ2n) is 5.04. The lowest BCUT2D eigenvalue weighted by Crippen LogP contribution is -2.43. The fraction of sp³-hybridized carbons (Fsp3) is 0.571. The number of hydrogen-bond acceptors (Lipinski definition) is 2. The summed E-state index contributed by atoms with van der Waals surface area (Å²) in [5, 5.41) is 10.5. The maximum atomic E-state index is 9.88. The molecule has 1 aliphatic rings. The molecule has 2 atom stereocenters. The maximum Gasteiger partial charge on any atom is 0.121 e. The summed E-state index contributed by atoms with van der Waals surface area (Å²) in [5.74, 6) is 0.308. The average molecular weight is 254 g/mol. The molecule has 1 aromatic carbocycles. The summed E-state index contributed by atoms with van der Waals surface area (Å²) < 4.78 is 0. The van der Waals surface area contributed by atoms with Gasteiger partial charge in [0.25, 0.3) is 0 Å². The molecule has 2 unspecified atom stereocenters. The molecule has 94 valence electrons. The Balaban J connectivity index is 2.19. The van der Waals surface area contributed by atoms with Crippen LogP contribution in [0.1, 0.15) is 38.7 Å². The number of rotatable bonds is 2. The van der Waals surface area contributed by atoms with Crippen LogP contribution in [0.25, 0.3) is 0 Å². The predicted octanol–water partition coefficient (Wildman–Crippen LogP) is 3.81. The molecule has 0 spiro atoms. The third-order valence-electron chi connectivity index (χ3n) is 3.81. The summed E-state index contributed by atoms with van der Waals surface area (Å²) >= 11 is 6.16. The van der Waals surface area contributed by atoms with Gasteiger partial charge in [-0.3, -0.25) is 4.90 Å². The summed E-state index contributed by atoms with van der Waals surface area (Å²) in [5.41, 5.74) is 0.856. The SMILES string of the molecule is CC1CCCC(C)N1Cc1c(O)cccc1Cl. The zero-order chi connectivity index (χ0) is 12.4. The molecule has 0 saturated carbocycles. The van der Waals surface area contributed by atoms with Gasteiger partial charge in [0.15, 0.2) is 0 Å². The van der Waals surface area contributed by atoms with Crippen molar-refractivity contribution in [3.05, 3.63) is 28.8 Å². The van der Waals surface area contributed by atoms with Crippen molar-refractivity contribution in [1.82, 2.24) is 4.90 Å². The van der Waals surface area contributed by atoms with E-state index in [-0.39, 0.29) is 0 Å². The van der Waals surface area contributed by atoms with Gasteiger partial charge in [0.1, 0.15) is 5.75 Å². The van der Waals surface area contributed by atoms with Crippen LogP contribution in [-0.4, -0.2) is 22.1 Å². The molecule has 2 rings (SSSR count). The molecule has 2 nitrogen and oxygen atoms in total. The van der Waals surface area contributed by atoms with E-state index < -0.39 is 0 Å². The Hall–Kier alpha value is -0.730. The van der Waals surface area contributed by atoms with Crippen molar-refractivity contribution in [2.24, 2.45) is 0 Å². The largest absolute Gasteiger partial charge is 0.508 e. The topological polar surface area (TPSA) is 23.5 Å². The van der Waals surface area contributed by atoms with Gasteiger partial charge >= 0.3 is 0 Å². The van der Waals surface area contributed by atoms with E-state index in [4.69, 9.17) is 11.6 Å². The smallest absolute Gasteiger partial charge is 0.121 e. The first-order valence-corrected chi connectivity index (χ1v) is 6.69. The summed E-state index contributed by atoms with van der Waals surface area (Å²) in [4.78, 5) is 2.43. The van der Waals surface area contributed by atoms with E-state index in [1.807, 2.05) is 6.07 Å². The Labute approximate surface area is 108 Å². The molecule has 1 saturated heterocycles. The number of nitrogens with zero attached hydrogens (tertiary/aromatic N) is 1. The normalized spacial score (nSPS) is 26.1. The van der Waals surface area contributed by atoms with Gasteiger partial charge < -0.3 is 5.11 Å².